The highest BCUT2D eigenvalue weighted by atomic mass is 127. The van der Waals surface area contributed by atoms with E-state index >= 15 is 0 Å². The van der Waals surface area contributed by atoms with E-state index in [1.807, 2.05) is 12.1 Å². The molecule has 2 saturated heterocycles. The number of benzene rings is 1. The maximum absolute atomic E-state index is 13.9. The van der Waals surface area contributed by atoms with E-state index in [1.165, 1.54) is 29.2 Å². The summed E-state index contributed by atoms with van der Waals surface area (Å²) in [5, 5.41) is 14.3. The van der Waals surface area contributed by atoms with Crippen LogP contribution >= 0.6 is 38.2 Å². The van der Waals surface area contributed by atoms with Gasteiger partial charge in [0.05, 0.1) is 19.5 Å². The fourth-order valence-electron chi connectivity index (χ4n) is 6.37. The van der Waals surface area contributed by atoms with Gasteiger partial charge in [0.1, 0.15) is 54.3 Å². The smallest absolute Gasteiger partial charge is 0.455 e. The maximum Gasteiger partial charge on any atom is 0.472 e. The molecule has 4 aromatic rings. The normalized spacial score (nSPS) is 24.5. The highest BCUT2D eigenvalue weighted by Crippen LogP contribution is 2.50. The summed E-state index contributed by atoms with van der Waals surface area (Å²) in [5.41, 5.74) is 11.6. The van der Waals surface area contributed by atoms with Gasteiger partial charge in [0, 0.05) is 29.0 Å². The van der Waals surface area contributed by atoms with Crippen molar-refractivity contribution in [1.82, 2.24) is 34.4 Å². The third-order valence-corrected chi connectivity index (χ3v) is 11.4. The van der Waals surface area contributed by atoms with Crippen molar-refractivity contribution in [2.45, 2.75) is 74.7 Å². The van der Waals surface area contributed by atoms with Gasteiger partial charge in [-0.1, -0.05) is 18.2 Å². The summed E-state index contributed by atoms with van der Waals surface area (Å²) < 4.78 is 61.1. The average Bonchev–Trinajstić information content (AvgIpc) is 3.88. The Hall–Kier alpha value is -4.24. The van der Waals surface area contributed by atoms with E-state index in [2.05, 4.69) is 58.9 Å². The number of halogens is 1. The minimum atomic E-state index is -5.22. The minimum Gasteiger partial charge on any atom is -0.455 e. The molecule has 3 aromatic heterocycles. The van der Waals surface area contributed by atoms with Crippen LogP contribution in [0, 0.1) is 3.57 Å². The first-order valence-corrected chi connectivity index (χ1v) is 22.0. The van der Waals surface area contributed by atoms with Crippen LogP contribution in [0.3, 0.4) is 0 Å². The van der Waals surface area contributed by atoms with Gasteiger partial charge < -0.3 is 50.8 Å². The molecule has 27 heteroatoms. The molecule has 2 unspecified atom stereocenters. The van der Waals surface area contributed by atoms with Crippen molar-refractivity contribution in [2.75, 3.05) is 24.7 Å². The number of hydrogen-bond acceptors (Lipinski definition) is 18. The van der Waals surface area contributed by atoms with Crippen LogP contribution in [-0.2, 0) is 52.9 Å². The fourth-order valence-corrected chi connectivity index (χ4v) is 8.03. The van der Waals surface area contributed by atoms with Gasteiger partial charge in [0.15, 0.2) is 23.8 Å². The molecule has 2 aliphatic heterocycles. The Labute approximate surface area is 353 Å². The number of rotatable bonds is 18. The predicted molar refractivity (Wildman–Crippen MR) is 214 cm³/mol. The van der Waals surface area contributed by atoms with Gasteiger partial charge in [0.25, 0.3) is 0 Å². The number of aliphatic hydroxyl groups is 1. The second kappa shape index (κ2) is 19.2. The zero-order valence-corrected chi connectivity index (χ0v) is 35.1. The lowest BCUT2D eigenvalue weighted by molar-refractivity contribution is -0.160. The van der Waals surface area contributed by atoms with Crippen LogP contribution in [0.15, 0.2) is 66.6 Å². The summed E-state index contributed by atoms with van der Waals surface area (Å²) in [6, 6.07) is 7.16. The molecule has 0 radical (unpaired) electrons. The number of carbonyl (C=O) groups is 2. The number of phosphoric acid groups is 2. The molecule has 9 atom stereocenters. The van der Waals surface area contributed by atoms with Crippen LogP contribution in [0.4, 0.5) is 11.6 Å². The molecule has 0 spiro atoms. The van der Waals surface area contributed by atoms with Crippen LogP contribution in [0.1, 0.15) is 37.3 Å². The molecule has 6 rings (SSSR count). The summed E-state index contributed by atoms with van der Waals surface area (Å²) >= 11 is 2.12. The number of nitrogen functional groups attached to an aromatic ring is 2. The molecule has 1 amide bonds. The molecule has 2 fully saturated rings. The Bertz CT molecular complexity index is 2350. The lowest BCUT2D eigenvalue weighted by Crippen LogP contribution is -2.47. The van der Waals surface area contributed by atoms with E-state index in [1.54, 1.807) is 12.1 Å². The molecule has 9 N–H and O–H groups in total. The molecule has 24 nitrogen and oxygen atoms in total. The number of carbonyl (C=O) groups excluding carboxylic acids is 2. The van der Waals surface area contributed by atoms with Gasteiger partial charge in [-0.2, -0.15) is 4.98 Å². The number of nitrogens with zero attached hydrogens (tertiary/aromatic N) is 6. The van der Waals surface area contributed by atoms with Crippen molar-refractivity contribution in [1.29, 1.82) is 0 Å². The average molecular weight is 992 g/mol. The SMILES string of the molecule is C=CCCC(=O)NC(Cc1ccc(I)cc1)C(=O)O[C@H]1[C@@H](O)[C@H](n2cnc3c(N)ncnc32)O[C@@H]1COP(=O)(O)O[C@H]1C[C@H](n2ccc(N)nc2=O)O[C@H]1COP(=O)(O)O. The van der Waals surface area contributed by atoms with E-state index in [-0.39, 0.29) is 42.1 Å². The molecule has 0 aliphatic carbocycles. The van der Waals surface area contributed by atoms with Gasteiger partial charge in [-0.3, -0.25) is 27.5 Å². The number of amides is 1. The van der Waals surface area contributed by atoms with Crippen molar-refractivity contribution in [3.8, 4) is 0 Å². The Kier molecular flexibility index (Phi) is 14.5. The van der Waals surface area contributed by atoms with Gasteiger partial charge in [-0.05, 0) is 52.8 Å². The highest BCUT2D eigenvalue weighted by Gasteiger charge is 2.50. The zero-order chi connectivity index (χ0) is 43.4. The number of allylic oxidation sites excluding steroid dienone is 1. The van der Waals surface area contributed by atoms with E-state index in [4.69, 9.17) is 34.7 Å². The van der Waals surface area contributed by atoms with Crippen molar-refractivity contribution < 1.29 is 66.3 Å². The first kappa shape index (κ1) is 45.3. The van der Waals surface area contributed by atoms with Crippen molar-refractivity contribution in [3.05, 3.63) is 81.5 Å². The number of nitrogens with one attached hydrogen (secondary N) is 1. The lowest BCUT2D eigenvalue weighted by atomic mass is 10.0. The second-order valence-electron chi connectivity index (χ2n) is 13.4. The first-order valence-electron chi connectivity index (χ1n) is 17.9. The highest BCUT2D eigenvalue weighted by molar-refractivity contribution is 14.1. The lowest BCUT2D eigenvalue weighted by Gasteiger charge is -2.25. The summed E-state index contributed by atoms with van der Waals surface area (Å²) in [6.45, 7) is 1.89. The van der Waals surface area contributed by atoms with Crippen LogP contribution in [-0.4, -0.2) is 111 Å². The number of aromatic nitrogens is 6. The number of esters is 1. The summed E-state index contributed by atoms with van der Waals surface area (Å²) in [4.78, 5) is 84.7. The second-order valence-corrected chi connectivity index (χ2v) is 17.3. The molecule has 1 aromatic carbocycles. The summed E-state index contributed by atoms with van der Waals surface area (Å²) in [7, 11) is -10.3. The first-order chi connectivity index (χ1) is 28.4. The largest absolute Gasteiger partial charge is 0.472 e. The molecule has 0 saturated carbocycles. The zero-order valence-electron chi connectivity index (χ0n) is 31.2. The molecule has 324 valence electrons. The number of imidazole rings is 1. The third-order valence-electron chi connectivity index (χ3n) is 9.19. The number of aliphatic hydroxyl groups excluding tert-OH is 1. The number of hydrogen-bond donors (Lipinski definition) is 7. The number of anilines is 2. The molecular weight excluding hydrogens is 951 g/mol. The maximum atomic E-state index is 13.9. The molecule has 2 aliphatic rings. The molecule has 0 bridgehead atoms. The summed E-state index contributed by atoms with van der Waals surface area (Å²) in [5.74, 6) is -1.56. The number of phosphoric ester groups is 2. The number of ether oxygens (including phenoxy) is 3. The molecule has 60 heavy (non-hydrogen) atoms. The van der Waals surface area contributed by atoms with Crippen LogP contribution in [0.5, 0.6) is 0 Å². The van der Waals surface area contributed by atoms with Crippen LogP contribution in [0.25, 0.3) is 11.2 Å². The van der Waals surface area contributed by atoms with Crippen LogP contribution < -0.4 is 22.5 Å². The molecule has 5 heterocycles. The Morgan fingerprint density at radius 2 is 1.78 bits per heavy atom. The van der Waals surface area contributed by atoms with Gasteiger partial charge >= 0.3 is 27.3 Å². The van der Waals surface area contributed by atoms with Crippen molar-refractivity contribution >= 4 is 72.9 Å². The van der Waals surface area contributed by atoms with Crippen molar-refractivity contribution in [2.24, 2.45) is 0 Å². The minimum absolute atomic E-state index is 0.0121. The van der Waals surface area contributed by atoms with Crippen LogP contribution in [0.2, 0.25) is 0 Å². The Balaban J connectivity index is 1.24. The number of fused-ring (bicyclic) bond motifs is 1. The molecular formula is C33H40IN9O15P2. The van der Waals surface area contributed by atoms with E-state index in [0.717, 1.165) is 14.5 Å². The Morgan fingerprint density at radius 3 is 2.48 bits per heavy atom. The summed E-state index contributed by atoms with van der Waals surface area (Å²) in [6.07, 6.45) is -5.23. The van der Waals surface area contributed by atoms with Crippen molar-refractivity contribution in [3.63, 3.8) is 0 Å². The standard InChI is InChI=1S/C33H40IN9O15P2/c1-2-3-4-24(44)40-19(11-17-5-7-18(34)8-6-17)32(46)57-28-22(56-31(27(28)45)43-16-39-26-29(36)37-15-38-30(26)43)14-54-60(51,52)58-20-12-25(42-10-9-23(35)41-33(42)47)55-21(20)13-53-59(48,49)50/h2,5-10,15-16,19-22,25,27-28,31,45H,1,3-4,11-14H2,(H,40,44)(H,51,52)(H2,35,41,47)(H2,36,37,38)(H2,48,49,50)/t19?,20-,21-,22+,25+,27+,28+,31+/m0/s1. The van der Waals surface area contributed by atoms with Gasteiger partial charge in [-0.25, -0.2) is 33.7 Å². The fraction of sp³-hybridized carbons (Fsp3) is 0.424. The topological polar surface area (TPSA) is 347 Å². The van der Waals surface area contributed by atoms with E-state index < -0.39 is 95.4 Å². The monoisotopic (exact) mass is 991 g/mol. The quantitative estimate of drug-likeness (QED) is 0.0311. The predicted octanol–water partition coefficient (Wildman–Crippen LogP) is 0.615. The van der Waals surface area contributed by atoms with E-state index in [9.17, 15) is 43.3 Å². The third kappa shape index (κ3) is 11.4. The number of nitrogens with two attached hydrogens (primary N) is 2. The Morgan fingerprint density at radius 1 is 1.05 bits per heavy atom. The van der Waals surface area contributed by atoms with Gasteiger partial charge in [0.2, 0.25) is 5.91 Å². The van der Waals surface area contributed by atoms with Gasteiger partial charge in [-0.15, -0.1) is 6.58 Å². The van der Waals surface area contributed by atoms with E-state index in [0.29, 0.717) is 12.0 Å².